The van der Waals surface area contributed by atoms with Crippen LogP contribution in [0.5, 0.6) is 5.88 Å². The van der Waals surface area contributed by atoms with Crippen molar-refractivity contribution in [2.75, 3.05) is 7.11 Å². The summed E-state index contributed by atoms with van der Waals surface area (Å²) >= 11 is 0. The van der Waals surface area contributed by atoms with Crippen molar-refractivity contribution in [3.05, 3.63) is 23.9 Å². The number of methoxy groups -OCH3 is 1. The number of aromatic nitrogens is 1. The van der Waals surface area contributed by atoms with Crippen molar-refractivity contribution in [1.82, 2.24) is 4.98 Å². The summed E-state index contributed by atoms with van der Waals surface area (Å²) in [6.07, 6.45) is 2.92. The minimum Gasteiger partial charge on any atom is -0.481 e. The average molecular weight is 179 g/mol. The van der Waals surface area contributed by atoms with Gasteiger partial charge < -0.3 is 4.74 Å². The van der Waals surface area contributed by atoms with Crippen LogP contribution in [0, 0.1) is 5.41 Å². The van der Waals surface area contributed by atoms with E-state index in [-0.39, 0.29) is 0 Å². The van der Waals surface area contributed by atoms with Gasteiger partial charge >= 0.3 is 0 Å². The molecule has 0 bridgehead atoms. The summed E-state index contributed by atoms with van der Waals surface area (Å²) in [6, 6.07) is 3.97. The van der Waals surface area contributed by atoms with Crippen molar-refractivity contribution >= 4 is 0 Å². The van der Waals surface area contributed by atoms with Crippen molar-refractivity contribution in [3.8, 4) is 5.88 Å². The summed E-state index contributed by atoms with van der Waals surface area (Å²) in [7, 11) is 1.63. The van der Waals surface area contributed by atoms with Gasteiger partial charge in [0.1, 0.15) is 0 Å². The van der Waals surface area contributed by atoms with Gasteiger partial charge in [0.15, 0.2) is 0 Å². The summed E-state index contributed by atoms with van der Waals surface area (Å²) in [6.45, 7) is 6.66. The summed E-state index contributed by atoms with van der Waals surface area (Å²) in [5.74, 6) is 0.678. The second kappa shape index (κ2) is 3.77. The number of pyridine rings is 1. The van der Waals surface area contributed by atoms with E-state index in [0.717, 1.165) is 6.42 Å². The molecule has 0 N–H and O–H groups in total. The van der Waals surface area contributed by atoms with E-state index < -0.39 is 0 Å². The second-order valence-corrected chi connectivity index (χ2v) is 4.45. The van der Waals surface area contributed by atoms with Crippen molar-refractivity contribution in [2.24, 2.45) is 5.41 Å². The first-order valence-electron chi connectivity index (χ1n) is 4.50. The third kappa shape index (κ3) is 3.45. The Kier molecular flexibility index (Phi) is 2.91. The number of hydrogen-bond donors (Lipinski definition) is 0. The van der Waals surface area contributed by atoms with Crippen LogP contribution in [0.3, 0.4) is 0 Å². The zero-order valence-corrected chi connectivity index (χ0v) is 8.79. The highest BCUT2D eigenvalue weighted by molar-refractivity contribution is 5.18. The van der Waals surface area contributed by atoms with Crippen molar-refractivity contribution in [1.29, 1.82) is 0 Å². The normalized spacial score (nSPS) is 11.4. The Labute approximate surface area is 80.0 Å². The zero-order chi connectivity index (χ0) is 9.90. The molecule has 0 saturated carbocycles. The Bertz CT molecular complexity index is 258. The van der Waals surface area contributed by atoms with Crippen LogP contribution in [-0.2, 0) is 6.42 Å². The van der Waals surface area contributed by atoms with Gasteiger partial charge in [0, 0.05) is 12.3 Å². The third-order valence-corrected chi connectivity index (χ3v) is 1.74. The Morgan fingerprint density at radius 3 is 2.38 bits per heavy atom. The summed E-state index contributed by atoms with van der Waals surface area (Å²) in [4.78, 5) is 4.16. The van der Waals surface area contributed by atoms with E-state index in [0.29, 0.717) is 11.3 Å². The average Bonchev–Trinajstić information content (AvgIpc) is 2.03. The van der Waals surface area contributed by atoms with Gasteiger partial charge in [-0.05, 0) is 17.4 Å². The van der Waals surface area contributed by atoms with E-state index in [1.807, 2.05) is 12.3 Å². The van der Waals surface area contributed by atoms with Gasteiger partial charge in [-0.3, -0.25) is 0 Å². The smallest absolute Gasteiger partial charge is 0.212 e. The van der Waals surface area contributed by atoms with Gasteiger partial charge in [0.2, 0.25) is 5.88 Å². The fourth-order valence-electron chi connectivity index (χ4n) is 1.25. The summed E-state index contributed by atoms with van der Waals surface area (Å²) in [5, 5.41) is 0. The Morgan fingerprint density at radius 2 is 2.00 bits per heavy atom. The molecule has 0 radical (unpaired) electrons. The summed E-state index contributed by atoms with van der Waals surface area (Å²) in [5.41, 5.74) is 1.57. The second-order valence-electron chi connectivity index (χ2n) is 4.45. The monoisotopic (exact) mass is 179 g/mol. The number of nitrogens with zero attached hydrogens (tertiary/aromatic N) is 1. The molecule has 0 spiro atoms. The highest BCUT2D eigenvalue weighted by Gasteiger charge is 2.11. The molecule has 0 saturated heterocycles. The number of hydrogen-bond acceptors (Lipinski definition) is 2. The fraction of sp³-hybridized carbons (Fsp3) is 0.545. The Balaban J connectivity index is 2.70. The number of ether oxygens (including phenoxy) is 1. The van der Waals surface area contributed by atoms with Gasteiger partial charge in [-0.1, -0.05) is 26.8 Å². The molecule has 0 aliphatic heterocycles. The van der Waals surface area contributed by atoms with Gasteiger partial charge in [0.25, 0.3) is 0 Å². The van der Waals surface area contributed by atoms with E-state index in [2.05, 4.69) is 31.8 Å². The van der Waals surface area contributed by atoms with Gasteiger partial charge in [-0.25, -0.2) is 4.98 Å². The molecule has 2 heteroatoms. The molecule has 72 valence electrons. The molecule has 0 aliphatic carbocycles. The quantitative estimate of drug-likeness (QED) is 0.696. The molecule has 1 rings (SSSR count). The maximum Gasteiger partial charge on any atom is 0.212 e. The molecule has 2 nitrogen and oxygen atoms in total. The predicted octanol–water partition coefficient (Wildman–Crippen LogP) is 2.68. The van der Waals surface area contributed by atoms with Crippen LogP contribution in [0.25, 0.3) is 0 Å². The standard InChI is InChI=1S/C11H17NO/c1-11(2,3)7-9-5-6-10(13-4)12-8-9/h5-6,8H,7H2,1-4H3. The molecule has 13 heavy (non-hydrogen) atoms. The lowest BCUT2D eigenvalue weighted by Crippen LogP contribution is -2.09. The van der Waals surface area contributed by atoms with Crippen LogP contribution in [0.1, 0.15) is 26.3 Å². The highest BCUT2D eigenvalue weighted by atomic mass is 16.5. The molecule has 0 fully saturated rings. The highest BCUT2D eigenvalue weighted by Crippen LogP contribution is 2.20. The third-order valence-electron chi connectivity index (χ3n) is 1.74. The molecular weight excluding hydrogens is 162 g/mol. The van der Waals surface area contributed by atoms with Crippen molar-refractivity contribution < 1.29 is 4.74 Å². The Hall–Kier alpha value is -1.05. The van der Waals surface area contributed by atoms with Crippen LogP contribution < -0.4 is 4.74 Å². The first-order valence-corrected chi connectivity index (χ1v) is 4.50. The molecule has 1 heterocycles. The lowest BCUT2D eigenvalue weighted by molar-refractivity contribution is 0.393. The van der Waals surface area contributed by atoms with Crippen LogP contribution in [0.4, 0.5) is 0 Å². The van der Waals surface area contributed by atoms with E-state index in [1.165, 1.54) is 5.56 Å². The van der Waals surface area contributed by atoms with Crippen LogP contribution in [0.2, 0.25) is 0 Å². The largest absolute Gasteiger partial charge is 0.481 e. The van der Waals surface area contributed by atoms with Crippen LogP contribution >= 0.6 is 0 Å². The molecule has 0 unspecified atom stereocenters. The minimum absolute atomic E-state index is 0.316. The van der Waals surface area contributed by atoms with Gasteiger partial charge in [-0.2, -0.15) is 0 Å². The van der Waals surface area contributed by atoms with E-state index in [9.17, 15) is 0 Å². The molecule has 1 aromatic rings. The van der Waals surface area contributed by atoms with Crippen molar-refractivity contribution in [2.45, 2.75) is 27.2 Å². The van der Waals surface area contributed by atoms with E-state index >= 15 is 0 Å². The fourth-order valence-corrected chi connectivity index (χ4v) is 1.25. The number of rotatable bonds is 2. The molecule has 0 amide bonds. The maximum absolute atomic E-state index is 4.99. The minimum atomic E-state index is 0.316. The Morgan fingerprint density at radius 1 is 1.31 bits per heavy atom. The molecule has 0 aromatic carbocycles. The topological polar surface area (TPSA) is 22.1 Å². The maximum atomic E-state index is 4.99. The molecule has 1 aromatic heterocycles. The molecular formula is C11H17NO. The molecule has 0 atom stereocenters. The summed E-state index contributed by atoms with van der Waals surface area (Å²) < 4.78 is 4.99. The van der Waals surface area contributed by atoms with Crippen molar-refractivity contribution in [3.63, 3.8) is 0 Å². The zero-order valence-electron chi connectivity index (χ0n) is 8.79. The van der Waals surface area contributed by atoms with Gasteiger partial charge in [0.05, 0.1) is 7.11 Å². The first kappa shape index (κ1) is 10.0. The lowest BCUT2D eigenvalue weighted by Gasteiger charge is -2.17. The van der Waals surface area contributed by atoms with E-state index in [1.54, 1.807) is 7.11 Å². The lowest BCUT2D eigenvalue weighted by atomic mass is 9.89. The van der Waals surface area contributed by atoms with Crippen LogP contribution in [0.15, 0.2) is 18.3 Å². The SMILES string of the molecule is COc1ccc(CC(C)(C)C)cn1. The predicted molar refractivity (Wildman–Crippen MR) is 53.9 cm³/mol. The van der Waals surface area contributed by atoms with E-state index in [4.69, 9.17) is 4.74 Å². The van der Waals surface area contributed by atoms with Crippen LogP contribution in [-0.4, -0.2) is 12.1 Å². The molecule has 0 aliphatic rings. The van der Waals surface area contributed by atoms with Gasteiger partial charge in [-0.15, -0.1) is 0 Å². The first-order chi connectivity index (χ1) is 6.01.